The van der Waals surface area contributed by atoms with Gasteiger partial charge in [-0.25, -0.2) is 0 Å². The van der Waals surface area contributed by atoms with Gasteiger partial charge in [0.1, 0.15) is 0 Å². The summed E-state index contributed by atoms with van der Waals surface area (Å²) < 4.78 is 0. The summed E-state index contributed by atoms with van der Waals surface area (Å²) in [5, 5.41) is 10.9. The van der Waals surface area contributed by atoms with E-state index >= 15 is 0 Å². The van der Waals surface area contributed by atoms with Crippen LogP contribution in [0.15, 0.2) is 42.5 Å². The highest BCUT2D eigenvalue weighted by Crippen LogP contribution is 2.28. The lowest BCUT2D eigenvalue weighted by Crippen LogP contribution is -2.10. The number of aromatic nitrogens is 2. The van der Waals surface area contributed by atoms with Crippen molar-refractivity contribution < 1.29 is 4.79 Å². The molecule has 0 saturated carbocycles. The zero-order chi connectivity index (χ0) is 16.2. The molecular formula is C19H17N3O. The lowest BCUT2D eigenvalue weighted by Gasteiger charge is -2.05. The molecule has 0 unspecified atom stereocenters. The van der Waals surface area contributed by atoms with Crippen molar-refractivity contribution >= 4 is 22.6 Å². The Morgan fingerprint density at radius 3 is 2.91 bits per heavy atom. The maximum atomic E-state index is 11.7. The first-order valence-corrected chi connectivity index (χ1v) is 7.57. The van der Waals surface area contributed by atoms with Crippen LogP contribution in [0.3, 0.4) is 0 Å². The Morgan fingerprint density at radius 1 is 1.30 bits per heavy atom. The second-order valence-corrected chi connectivity index (χ2v) is 5.32. The zero-order valence-corrected chi connectivity index (χ0v) is 12.9. The van der Waals surface area contributed by atoms with E-state index in [0.29, 0.717) is 12.2 Å². The van der Waals surface area contributed by atoms with Crippen LogP contribution in [0.5, 0.6) is 0 Å². The van der Waals surface area contributed by atoms with E-state index in [-0.39, 0.29) is 5.91 Å². The number of rotatable bonds is 4. The van der Waals surface area contributed by atoms with Gasteiger partial charge in [-0.05, 0) is 35.7 Å². The van der Waals surface area contributed by atoms with Crippen LogP contribution in [0.1, 0.15) is 25.3 Å². The van der Waals surface area contributed by atoms with Gasteiger partial charge in [0.05, 0.1) is 5.52 Å². The van der Waals surface area contributed by atoms with E-state index in [9.17, 15) is 4.79 Å². The zero-order valence-electron chi connectivity index (χ0n) is 12.9. The highest BCUT2D eigenvalue weighted by atomic mass is 16.1. The van der Waals surface area contributed by atoms with E-state index in [4.69, 9.17) is 6.42 Å². The second kappa shape index (κ2) is 6.37. The van der Waals surface area contributed by atoms with Crippen LogP contribution >= 0.6 is 0 Å². The predicted octanol–water partition coefficient (Wildman–Crippen LogP) is 3.95. The van der Waals surface area contributed by atoms with Gasteiger partial charge < -0.3 is 5.32 Å². The summed E-state index contributed by atoms with van der Waals surface area (Å²) in [5.74, 6) is 3.24. The van der Waals surface area contributed by atoms with Crippen LogP contribution in [0.2, 0.25) is 0 Å². The Bertz CT molecular complexity index is 902. The van der Waals surface area contributed by atoms with Crippen molar-refractivity contribution in [3.05, 3.63) is 48.0 Å². The number of H-pyrrole nitrogens is 1. The van der Waals surface area contributed by atoms with Gasteiger partial charge >= 0.3 is 0 Å². The first-order valence-electron chi connectivity index (χ1n) is 7.57. The quantitative estimate of drug-likeness (QED) is 0.717. The average Bonchev–Trinajstić information content (AvgIpc) is 2.97. The van der Waals surface area contributed by atoms with E-state index in [1.54, 1.807) is 0 Å². The first kappa shape index (κ1) is 14.9. The van der Waals surface area contributed by atoms with Crippen LogP contribution in [-0.4, -0.2) is 16.1 Å². The maximum Gasteiger partial charge on any atom is 0.225 e. The molecule has 0 aliphatic rings. The third-order valence-corrected chi connectivity index (χ3v) is 3.69. The molecule has 0 fully saturated rings. The van der Waals surface area contributed by atoms with Gasteiger partial charge in [0.25, 0.3) is 0 Å². The molecule has 2 N–H and O–H groups in total. The van der Waals surface area contributed by atoms with Gasteiger partial charge in [-0.3, -0.25) is 9.89 Å². The van der Waals surface area contributed by atoms with E-state index in [1.165, 1.54) is 0 Å². The number of carbonyl (C=O) groups is 1. The second-order valence-electron chi connectivity index (χ2n) is 5.32. The monoisotopic (exact) mass is 303 g/mol. The topological polar surface area (TPSA) is 57.8 Å². The Balaban J connectivity index is 1.98. The smallest absolute Gasteiger partial charge is 0.225 e. The summed E-state index contributed by atoms with van der Waals surface area (Å²) in [6, 6.07) is 13.7. The molecule has 3 aromatic rings. The van der Waals surface area contributed by atoms with Gasteiger partial charge in [0.15, 0.2) is 5.82 Å². The predicted molar refractivity (Wildman–Crippen MR) is 93.0 cm³/mol. The lowest BCUT2D eigenvalue weighted by atomic mass is 9.99. The molecule has 0 radical (unpaired) electrons. The molecule has 1 amide bonds. The van der Waals surface area contributed by atoms with Gasteiger partial charge in [0, 0.05) is 17.4 Å². The Morgan fingerprint density at radius 2 is 2.13 bits per heavy atom. The molecule has 0 bridgehead atoms. The minimum Gasteiger partial charge on any atom is -0.309 e. The highest BCUT2D eigenvalue weighted by Gasteiger charge is 2.10. The Kier molecular flexibility index (Phi) is 4.11. The van der Waals surface area contributed by atoms with Crippen LogP contribution in [0.25, 0.3) is 22.0 Å². The summed E-state index contributed by atoms with van der Waals surface area (Å²) in [6.45, 7) is 1.97. The van der Waals surface area contributed by atoms with Crippen LogP contribution in [-0.2, 0) is 4.79 Å². The van der Waals surface area contributed by atoms with Gasteiger partial charge in [0.2, 0.25) is 5.91 Å². The molecular weight excluding hydrogens is 286 g/mol. The summed E-state index contributed by atoms with van der Waals surface area (Å²) in [7, 11) is 0. The molecule has 1 aromatic heterocycles. The molecule has 4 nitrogen and oxygen atoms in total. The number of aromatic amines is 1. The van der Waals surface area contributed by atoms with Crippen LogP contribution in [0, 0.1) is 12.3 Å². The number of nitrogens with one attached hydrogen (secondary N) is 2. The standard InChI is InChI=1S/C19H17N3O/c1-3-7-18(23)20-19-16-11-10-14(12-17(16)21-22-19)15-9-6-5-8-13(15)4-2/h2,5-6,8-12H,3,7H2,1H3,(H2,20,21,22,23). The maximum absolute atomic E-state index is 11.7. The van der Waals surface area contributed by atoms with E-state index < -0.39 is 0 Å². The molecule has 114 valence electrons. The summed E-state index contributed by atoms with van der Waals surface area (Å²) in [6.07, 6.45) is 6.87. The van der Waals surface area contributed by atoms with Crippen molar-refractivity contribution in [3.63, 3.8) is 0 Å². The summed E-state index contributed by atoms with van der Waals surface area (Å²) >= 11 is 0. The molecule has 3 rings (SSSR count). The van der Waals surface area contributed by atoms with Crippen molar-refractivity contribution in [3.8, 4) is 23.5 Å². The van der Waals surface area contributed by atoms with Crippen LogP contribution < -0.4 is 5.32 Å². The van der Waals surface area contributed by atoms with Crippen molar-refractivity contribution in [1.82, 2.24) is 10.2 Å². The largest absolute Gasteiger partial charge is 0.309 e. The number of hydrogen-bond donors (Lipinski definition) is 2. The minimum absolute atomic E-state index is 0.0253. The van der Waals surface area contributed by atoms with Gasteiger partial charge in [-0.2, -0.15) is 5.10 Å². The molecule has 0 aliphatic carbocycles. The van der Waals surface area contributed by atoms with Crippen molar-refractivity contribution in [2.45, 2.75) is 19.8 Å². The van der Waals surface area contributed by atoms with Gasteiger partial charge in [-0.15, -0.1) is 6.42 Å². The molecule has 23 heavy (non-hydrogen) atoms. The summed E-state index contributed by atoms with van der Waals surface area (Å²) in [4.78, 5) is 11.7. The van der Waals surface area contributed by atoms with E-state index in [0.717, 1.165) is 34.0 Å². The fraction of sp³-hybridized carbons (Fsp3) is 0.158. The number of amides is 1. The first-order chi connectivity index (χ1) is 11.2. The van der Waals surface area contributed by atoms with Crippen molar-refractivity contribution in [2.24, 2.45) is 0 Å². The van der Waals surface area contributed by atoms with E-state index in [2.05, 4.69) is 21.4 Å². The number of benzene rings is 2. The number of carbonyl (C=O) groups excluding carboxylic acids is 1. The average molecular weight is 303 g/mol. The fourth-order valence-electron chi connectivity index (χ4n) is 2.56. The molecule has 0 saturated heterocycles. The molecule has 0 aliphatic heterocycles. The number of anilines is 1. The molecule has 1 heterocycles. The van der Waals surface area contributed by atoms with Crippen molar-refractivity contribution in [1.29, 1.82) is 0 Å². The summed E-state index contributed by atoms with van der Waals surface area (Å²) in [5.41, 5.74) is 3.73. The molecule has 0 atom stereocenters. The molecule has 4 heteroatoms. The van der Waals surface area contributed by atoms with Crippen molar-refractivity contribution in [2.75, 3.05) is 5.32 Å². The molecule has 2 aromatic carbocycles. The van der Waals surface area contributed by atoms with E-state index in [1.807, 2.05) is 49.4 Å². The number of hydrogen-bond acceptors (Lipinski definition) is 2. The highest BCUT2D eigenvalue weighted by molar-refractivity contribution is 6.00. The lowest BCUT2D eigenvalue weighted by molar-refractivity contribution is -0.116. The number of nitrogens with zero attached hydrogens (tertiary/aromatic N) is 1. The normalized spacial score (nSPS) is 10.4. The van der Waals surface area contributed by atoms with Crippen LogP contribution in [0.4, 0.5) is 5.82 Å². The SMILES string of the molecule is C#Cc1ccccc1-c1ccc2c(NC(=O)CCC)n[nH]c2c1. The Hall–Kier alpha value is -3.06. The number of fused-ring (bicyclic) bond motifs is 1. The third kappa shape index (κ3) is 2.95. The number of terminal acetylenes is 1. The Labute approximate surface area is 134 Å². The fourth-order valence-corrected chi connectivity index (χ4v) is 2.56. The third-order valence-electron chi connectivity index (χ3n) is 3.69. The molecule has 0 spiro atoms. The minimum atomic E-state index is -0.0253. The van der Waals surface area contributed by atoms with Gasteiger partial charge in [-0.1, -0.05) is 37.1 Å².